The van der Waals surface area contributed by atoms with Crippen LogP contribution in [-0.4, -0.2) is 65.9 Å². The standard InChI is InChI=1S/C24H35N3O6S/c1-8-16-10-9-11-17(12-16)20(21(29)25-13-19(28)32-7)27(15(2)3)22(30)18(14-34)26-23(31)33-24(4,5)6/h8-12,15,18,20,34H,1,13-14H2,2-7H3,(H,25,29)(H,26,31). The SMILES string of the molecule is C=Cc1cccc(C(C(=O)NCC(=O)OC)N(C(=O)C(CS)NC(=O)OC(C)(C)C)C(C)C)c1. The normalized spacial score (nSPS) is 12.8. The van der Waals surface area contributed by atoms with Crippen molar-refractivity contribution >= 4 is 42.6 Å². The molecule has 0 fully saturated rings. The Morgan fingerprint density at radius 1 is 1.21 bits per heavy atom. The molecule has 0 bridgehead atoms. The quantitative estimate of drug-likeness (QED) is 0.341. The molecule has 9 nitrogen and oxygen atoms in total. The van der Waals surface area contributed by atoms with Crippen LogP contribution in [0.25, 0.3) is 6.08 Å². The van der Waals surface area contributed by atoms with Crippen molar-refractivity contribution in [3.63, 3.8) is 0 Å². The Balaban J connectivity index is 3.39. The topological polar surface area (TPSA) is 114 Å². The Kier molecular flexibility index (Phi) is 11.1. The van der Waals surface area contributed by atoms with Gasteiger partial charge >= 0.3 is 12.1 Å². The van der Waals surface area contributed by atoms with Gasteiger partial charge in [-0.05, 0) is 51.8 Å². The van der Waals surface area contributed by atoms with Gasteiger partial charge in [0.05, 0.1) is 7.11 Å². The highest BCUT2D eigenvalue weighted by Crippen LogP contribution is 2.26. The minimum Gasteiger partial charge on any atom is -0.468 e. The molecular formula is C24H35N3O6S. The predicted octanol–water partition coefficient (Wildman–Crippen LogP) is 2.72. The summed E-state index contributed by atoms with van der Waals surface area (Å²) in [7, 11) is 1.21. The molecular weight excluding hydrogens is 458 g/mol. The van der Waals surface area contributed by atoms with E-state index in [0.29, 0.717) is 5.56 Å². The van der Waals surface area contributed by atoms with Gasteiger partial charge in [0, 0.05) is 11.8 Å². The van der Waals surface area contributed by atoms with E-state index >= 15 is 0 Å². The average molecular weight is 494 g/mol. The van der Waals surface area contributed by atoms with E-state index < -0.39 is 47.6 Å². The summed E-state index contributed by atoms with van der Waals surface area (Å²) >= 11 is 4.23. The zero-order chi connectivity index (χ0) is 26.1. The molecule has 1 rings (SSSR count). The minimum atomic E-state index is -1.10. The molecule has 2 unspecified atom stereocenters. The molecule has 0 saturated carbocycles. The number of amides is 3. The summed E-state index contributed by atoms with van der Waals surface area (Å²) in [6, 6.07) is 4.38. The molecule has 10 heteroatoms. The van der Waals surface area contributed by atoms with E-state index in [1.54, 1.807) is 58.9 Å². The molecule has 0 radical (unpaired) electrons. The van der Waals surface area contributed by atoms with Crippen LogP contribution in [0.3, 0.4) is 0 Å². The van der Waals surface area contributed by atoms with Crippen LogP contribution in [-0.2, 0) is 23.9 Å². The number of thiol groups is 1. The van der Waals surface area contributed by atoms with Gasteiger partial charge in [0.1, 0.15) is 24.2 Å². The first-order valence-electron chi connectivity index (χ1n) is 10.8. The molecule has 2 atom stereocenters. The number of nitrogens with zero attached hydrogens (tertiary/aromatic N) is 1. The molecule has 188 valence electrons. The summed E-state index contributed by atoms with van der Waals surface area (Å²) in [6.45, 7) is 12.0. The van der Waals surface area contributed by atoms with E-state index in [9.17, 15) is 19.2 Å². The third-order valence-corrected chi connectivity index (χ3v) is 4.97. The molecule has 0 aliphatic rings. The minimum absolute atomic E-state index is 0.0233. The van der Waals surface area contributed by atoms with Gasteiger partial charge < -0.3 is 25.0 Å². The van der Waals surface area contributed by atoms with E-state index in [1.807, 2.05) is 6.07 Å². The second-order valence-electron chi connectivity index (χ2n) is 8.79. The number of benzene rings is 1. The van der Waals surface area contributed by atoms with Crippen LogP contribution in [0.4, 0.5) is 4.79 Å². The number of nitrogens with one attached hydrogen (secondary N) is 2. The summed E-state index contributed by atoms with van der Waals surface area (Å²) in [5.74, 6) is -1.76. The summed E-state index contributed by atoms with van der Waals surface area (Å²) in [4.78, 5) is 52.1. The van der Waals surface area contributed by atoms with Gasteiger partial charge in [-0.25, -0.2) is 4.79 Å². The van der Waals surface area contributed by atoms with Crippen molar-refractivity contribution in [2.75, 3.05) is 19.4 Å². The van der Waals surface area contributed by atoms with E-state index in [2.05, 4.69) is 34.6 Å². The van der Waals surface area contributed by atoms with Crippen molar-refractivity contribution < 1.29 is 28.7 Å². The first kappa shape index (κ1) is 29.0. The van der Waals surface area contributed by atoms with Gasteiger partial charge in [-0.3, -0.25) is 14.4 Å². The molecule has 2 N–H and O–H groups in total. The number of rotatable bonds is 10. The fraction of sp³-hybridized carbons (Fsp3) is 0.500. The average Bonchev–Trinajstić information content (AvgIpc) is 2.77. The van der Waals surface area contributed by atoms with E-state index in [4.69, 9.17) is 4.74 Å². The third-order valence-electron chi connectivity index (χ3n) is 4.61. The Hall–Kier alpha value is -3.01. The molecule has 0 aliphatic carbocycles. The van der Waals surface area contributed by atoms with Crippen LogP contribution < -0.4 is 10.6 Å². The molecule has 1 aromatic rings. The van der Waals surface area contributed by atoms with E-state index in [-0.39, 0.29) is 12.3 Å². The molecule has 1 aromatic carbocycles. The lowest BCUT2D eigenvalue weighted by Crippen LogP contribution is -2.56. The van der Waals surface area contributed by atoms with Crippen molar-refractivity contribution in [3.05, 3.63) is 42.0 Å². The maximum atomic E-state index is 13.6. The van der Waals surface area contributed by atoms with Gasteiger partial charge in [0.25, 0.3) is 0 Å². The van der Waals surface area contributed by atoms with Crippen molar-refractivity contribution in [1.29, 1.82) is 0 Å². The van der Waals surface area contributed by atoms with Crippen LogP contribution in [0.15, 0.2) is 30.8 Å². The number of hydrogen-bond acceptors (Lipinski definition) is 7. The summed E-state index contributed by atoms with van der Waals surface area (Å²) in [6.07, 6.45) is 0.846. The number of carbonyl (C=O) groups is 4. The fourth-order valence-electron chi connectivity index (χ4n) is 3.12. The van der Waals surface area contributed by atoms with Crippen molar-refractivity contribution in [1.82, 2.24) is 15.5 Å². The number of alkyl carbamates (subject to hydrolysis) is 1. The lowest BCUT2D eigenvalue weighted by Gasteiger charge is -2.37. The zero-order valence-corrected chi connectivity index (χ0v) is 21.5. The monoisotopic (exact) mass is 493 g/mol. The highest BCUT2D eigenvalue weighted by Gasteiger charge is 2.37. The maximum absolute atomic E-state index is 13.6. The van der Waals surface area contributed by atoms with Crippen molar-refractivity contribution in [2.24, 2.45) is 0 Å². The Bertz CT molecular complexity index is 897. The van der Waals surface area contributed by atoms with Crippen LogP contribution in [0.2, 0.25) is 0 Å². The second kappa shape index (κ2) is 13.0. The molecule has 0 heterocycles. The van der Waals surface area contributed by atoms with Crippen LogP contribution in [0.5, 0.6) is 0 Å². The maximum Gasteiger partial charge on any atom is 0.408 e. The number of methoxy groups -OCH3 is 1. The number of hydrogen-bond donors (Lipinski definition) is 3. The lowest BCUT2D eigenvalue weighted by molar-refractivity contribution is -0.145. The van der Waals surface area contributed by atoms with Crippen LogP contribution in [0, 0.1) is 0 Å². The van der Waals surface area contributed by atoms with Gasteiger partial charge in [-0.15, -0.1) is 0 Å². The van der Waals surface area contributed by atoms with Crippen LogP contribution in [0.1, 0.15) is 51.8 Å². The van der Waals surface area contributed by atoms with Gasteiger partial charge in [0.2, 0.25) is 11.8 Å². The van der Waals surface area contributed by atoms with Crippen molar-refractivity contribution in [2.45, 2.75) is 58.3 Å². The molecule has 0 spiro atoms. The smallest absolute Gasteiger partial charge is 0.408 e. The highest BCUT2D eigenvalue weighted by atomic mass is 32.1. The van der Waals surface area contributed by atoms with E-state index in [1.165, 1.54) is 12.0 Å². The molecule has 0 aliphatic heterocycles. The number of esters is 1. The lowest BCUT2D eigenvalue weighted by atomic mass is 9.99. The van der Waals surface area contributed by atoms with Gasteiger partial charge in [-0.2, -0.15) is 12.6 Å². The largest absolute Gasteiger partial charge is 0.468 e. The van der Waals surface area contributed by atoms with Gasteiger partial charge in [0.15, 0.2) is 0 Å². The Morgan fingerprint density at radius 2 is 1.85 bits per heavy atom. The Labute approximate surface area is 206 Å². The molecule has 0 saturated heterocycles. The number of carbonyl (C=O) groups excluding carboxylic acids is 4. The number of ether oxygens (including phenoxy) is 2. The fourth-order valence-corrected chi connectivity index (χ4v) is 3.37. The van der Waals surface area contributed by atoms with Crippen molar-refractivity contribution in [3.8, 4) is 0 Å². The third kappa shape index (κ3) is 8.74. The zero-order valence-electron chi connectivity index (χ0n) is 20.6. The van der Waals surface area contributed by atoms with E-state index in [0.717, 1.165) is 5.56 Å². The summed E-state index contributed by atoms with van der Waals surface area (Å²) in [5, 5.41) is 5.06. The molecule has 0 aromatic heterocycles. The first-order valence-corrected chi connectivity index (χ1v) is 11.5. The summed E-state index contributed by atoms with van der Waals surface area (Å²) < 4.78 is 9.86. The Morgan fingerprint density at radius 3 is 2.35 bits per heavy atom. The molecule has 3 amide bonds. The van der Waals surface area contributed by atoms with Crippen LogP contribution >= 0.6 is 12.6 Å². The van der Waals surface area contributed by atoms with Gasteiger partial charge in [-0.1, -0.05) is 30.9 Å². The summed E-state index contributed by atoms with van der Waals surface area (Å²) in [5.41, 5.74) is 0.502. The first-order chi connectivity index (χ1) is 15.8. The predicted molar refractivity (Wildman–Crippen MR) is 133 cm³/mol. The second-order valence-corrected chi connectivity index (χ2v) is 9.16. The molecule has 34 heavy (non-hydrogen) atoms. The highest BCUT2D eigenvalue weighted by molar-refractivity contribution is 7.80.